The number of anilines is 3. The summed E-state index contributed by atoms with van der Waals surface area (Å²) in [6, 6.07) is 2.81. The molecule has 0 radical (unpaired) electrons. The van der Waals surface area contributed by atoms with Crippen LogP contribution >= 0.6 is 0 Å². The lowest BCUT2D eigenvalue weighted by atomic mass is 9.85. The Morgan fingerprint density at radius 2 is 1.75 bits per heavy atom. The number of carbonyl (C=O) groups excluding carboxylic acids is 2. The average Bonchev–Trinajstić information content (AvgIpc) is 3.38. The Morgan fingerprint density at radius 3 is 2.31 bits per heavy atom. The number of nitrogens with one attached hydrogen (secondary N) is 2. The first kappa shape index (κ1) is 25.3. The van der Waals surface area contributed by atoms with Crippen molar-refractivity contribution in [3.05, 3.63) is 72.9 Å². The number of carbonyl (C=O) groups is 2. The third-order valence-electron chi connectivity index (χ3n) is 6.47. The van der Waals surface area contributed by atoms with E-state index < -0.39 is 51.6 Å². The van der Waals surface area contributed by atoms with E-state index in [1.807, 2.05) is 20.8 Å². The van der Waals surface area contributed by atoms with Crippen LogP contribution < -0.4 is 21.5 Å². The van der Waals surface area contributed by atoms with Gasteiger partial charge in [-0.15, -0.1) is 0 Å². The van der Waals surface area contributed by atoms with Crippen LogP contribution in [0.3, 0.4) is 0 Å². The Balaban J connectivity index is 1.74. The SMILES string of the molecule is CCC(C=O)N1Cc2c(F)cc(F)c(Nc3c(N[C@@H](c4ccc(C)o4)C(C)(C)C)c(=O)c3=O)c2C1=O. The minimum atomic E-state index is -1.10. The minimum absolute atomic E-state index is 0.0870. The van der Waals surface area contributed by atoms with Crippen LogP contribution in [0.25, 0.3) is 0 Å². The third kappa shape index (κ3) is 4.10. The summed E-state index contributed by atoms with van der Waals surface area (Å²) in [7, 11) is 0. The molecule has 2 atom stereocenters. The lowest BCUT2D eigenvalue weighted by molar-refractivity contribution is -0.111. The number of fused-ring (bicyclic) bond motifs is 1. The zero-order valence-corrected chi connectivity index (χ0v) is 20.6. The summed E-state index contributed by atoms with van der Waals surface area (Å²) in [5.74, 6) is -1.57. The number of hydrogen-bond acceptors (Lipinski definition) is 7. The number of aryl methyl sites for hydroxylation is 1. The highest BCUT2D eigenvalue weighted by atomic mass is 19.1. The molecule has 0 bridgehead atoms. The predicted molar refractivity (Wildman–Crippen MR) is 130 cm³/mol. The van der Waals surface area contributed by atoms with Gasteiger partial charge in [-0.05, 0) is 30.9 Å². The molecule has 190 valence electrons. The van der Waals surface area contributed by atoms with Gasteiger partial charge in [0, 0.05) is 11.6 Å². The summed E-state index contributed by atoms with van der Waals surface area (Å²) in [4.78, 5) is 50.7. The Morgan fingerprint density at radius 1 is 1.08 bits per heavy atom. The van der Waals surface area contributed by atoms with E-state index in [2.05, 4.69) is 10.6 Å². The number of benzene rings is 1. The minimum Gasteiger partial charge on any atom is -0.464 e. The molecular formula is C26H27F2N3O5. The van der Waals surface area contributed by atoms with Gasteiger partial charge in [0.25, 0.3) is 16.8 Å². The van der Waals surface area contributed by atoms with Gasteiger partial charge < -0.3 is 24.7 Å². The molecule has 1 aromatic heterocycles. The number of halogens is 2. The Kier molecular flexibility index (Phi) is 6.32. The van der Waals surface area contributed by atoms with E-state index in [0.717, 1.165) is 4.90 Å². The zero-order valence-electron chi connectivity index (χ0n) is 20.6. The number of nitrogens with zero attached hydrogens (tertiary/aromatic N) is 1. The summed E-state index contributed by atoms with van der Waals surface area (Å²) in [5.41, 5.74) is -3.31. The standard InChI is InChI=1S/C26H27F2N3O5/c1-6-13(11-32)31-10-14-15(27)9-16(28)19(18(14)25(31)35)29-20-21(23(34)22(20)33)30-24(26(3,4)5)17-8-7-12(2)36-17/h7-9,11,13,24,29-30H,6,10H2,1-5H3/t13?,24-/m0/s1. The number of rotatable bonds is 8. The van der Waals surface area contributed by atoms with Gasteiger partial charge in [-0.25, -0.2) is 8.78 Å². The van der Waals surface area contributed by atoms with Crippen LogP contribution in [0.1, 0.15) is 67.6 Å². The summed E-state index contributed by atoms with van der Waals surface area (Å²) in [6.07, 6.45) is 0.871. The topological polar surface area (TPSA) is 109 Å². The first-order chi connectivity index (χ1) is 16.9. The van der Waals surface area contributed by atoms with Gasteiger partial charge >= 0.3 is 0 Å². The maximum atomic E-state index is 15.0. The second kappa shape index (κ2) is 9.00. The quantitative estimate of drug-likeness (QED) is 0.351. The van der Waals surface area contributed by atoms with Crippen LogP contribution in [-0.4, -0.2) is 23.1 Å². The van der Waals surface area contributed by atoms with Crippen LogP contribution in [0.4, 0.5) is 25.8 Å². The molecule has 8 nitrogen and oxygen atoms in total. The van der Waals surface area contributed by atoms with Crippen molar-refractivity contribution in [3.8, 4) is 0 Å². The highest BCUT2D eigenvalue weighted by Crippen LogP contribution is 2.40. The molecule has 1 amide bonds. The average molecular weight is 500 g/mol. The maximum absolute atomic E-state index is 15.0. The molecule has 2 N–H and O–H groups in total. The van der Waals surface area contributed by atoms with E-state index in [4.69, 9.17) is 4.42 Å². The molecule has 3 aromatic rings. The van der Waals surface area contributed by atoms with Crippen LogP contribution in [0, 0.1) is 24.0 Å². The maximum Gasteiger partial charge on any atom is 0.257 e. The van der Waals surface area contributed by atoms with E-state index in [-0.39, 0.29) is 29.0 Å². The largest absolute Gasteiger partial charge is 0.464 e. The fourth-order valence-electron chi connectivity index (χ4n) is 4.46. The molecule has 36 heavy (non-hydrogen) atoms. The second-order valence-corrected chi connectivity index (χ2v) is 10.0. The number of hydrogen-bond donors (Lipinski definition) is 2. The fourth-order valence-corrected chi connectivity index (χ4v) is 4.46. The molecule has 1 aliphatic heterocycles. The van der Waals surface area contributed by atoms with Gasteiger partial charge in [-0.2, -0.15) is 0 Å². The van der Waals surface area contributed by atoms with Crippen molar-refractivity contribution in [3.63, 3.8) is 0 Å². The molecule has 0 saturated carbocycles. The molecule has 0 spiro atoms. The van der Waals surface area contributed by atoms with E-state index >= 15 is 0 Å². The highest BCUT2D eigenvalue weighted by molar-refractivity contribution is 6.05. The van der Waals surface area contributed by atoms with E-state index in [0.29, 0.717) is 30.3 Å². The lowest BCUT2D eigenvalue weighted by Crippen LogP contribution is -2.39. The van der Waals surface area contributed by atoms with Gasteiger partial charge in [0.05, 0.1) is 29.9 Å². The number of amides is 1. The molecule has 4 rings (SSSR count). The highest BCUT2D eigenvalue weighted by Gasteiger charge is 2.39. The van der Waals surface area contributed by atoms with Crippen LogP contribution in [0.2, 0.25) is 0 Å². The molecule has 0 fully saturated rings. The van der Waals surface area contributed by atoms with Crippen LogP contribution in [0.15, 0.2) is 32.2 Å². The van der Waals surface area contributed by atoms with Crippen molar-refractivity contribution in [2.45, 2.75) is 59.7 Å². The smallest absolute Gasteiger partial charge is 0.257 e. The molecule has 0 aliphatic carbocycles. The van der Waals surface area contributed by atoms with Gasteiger partial charge in [0.15, 0.2) is 0 Å². The first-order valence-corrected chi connectivity index (χ1v) is 11.6. The van der Waals surface area contributed by atoms with Crippen molar-refractivity contribution in [1.82, 2.24) is 4.90 Å². The van der Waals surface area contributed by atoms with Crippen molar-refractivity contribution in [2.24, 2.45) is 5.41 Å². The third-order valence-corrected chi connectivity index (χ3v) is 6.47. The zero-order chi connectivity index (χ0) is 26.5. The Bertz CT molecular complexity index is 1430. The van der Waals surface area contributed by atoms with Crippen LogP contribution in [-0.2, 0) is 11.3 Å². The fraction of sp³-hybridized carbons (Fsp3) is 0.385. The second-order valence-electron chi connectivity index (χ2n) is 10.0. The van der Waals surface area contributed by atoms with Crippen molar-refractivity contribution in [1.29, 1.82) is 0 Å². The summed E-state index contributed by atoms with van der Waals surface area (Å²) in [6.45, 7) is 9.00. The predicted octanol–water partition coefficient (Wildman–Crippen LogP) is 4.34. The van der Waals surface area contributed by atoms with Crippen molar-refractivity contribution >= 4 is 29.3 Å². The number of aldehydes is 1. The Labute approximate surface area is 206 Å². The van der Waals surface area contributed by atoms with Gasteiger partial charge in [0.1, 0.15) is 40.8 Å². The molecule has 1 aliphatic rings. The Hall–Kier alpha value is -3.82. The van der Waals surface area contributed by atoms with E-state index in [9.17, 15) is 28.0 Å². The van der Waals surface area contributed by atoms with Crippen LogP contribution in [0.5, 0.6) is 0 Å². The molecule has 0 saturated heterocycles. The van der Waals surface area contributed by atoms with Gasteiger partial charge in [0.2, 0.25) is 0 Å². The van der Waals surface area contributed by atoms with Gasteiger partial charge in [-0.1, -0.05) is 27.7 Å². The van der Waals surface area contributed by atoms with Gasteiger partial charge in [-0.3, -0.25) is 14.4 Å². The molecule has 1 unspecified atom stereocenters. The van der Waals surface area contributed by atoms with Crippen molar-refractivity contribution in [2.75, 3.05) is 10.6 Å². The number of furan rings is 1. The first-order valence-electron chi connectivity index (χ1n) is 11.6. The monoisotopic (exact) mass is 499 g/mol. The molecule has 2 aromatic carbocycles. The van der Waals surface area contributed by atoms with E-state index in [1.54, 1.807) is 26.0 Å². The van der Waals surface area contributed by atoms with Crippen molar-refractivity contribution < 1.29 is 22.8 Å². The summed E-state index contributed by atoms with van der Waals surface area (Å²) < 4.78 is 35.3. The summed E-state index contributed by atoms with van der Waals surface area (Å²) in [5, 5.41) is 5.63. The molecule has 10 heteroatoms. The normalized spacial score (nSPS) is 15.2. The lowest BCUT2D eigenvalue weighted by Gasteiger charge is -2.31. The molecular weight excluding hydrogens is 472 g/mol. The summed E-state index contributed by atoms with van der Waals surface area (Å²) >= 11 is 0. The van der Waals surface area contributed by atoms with E-state index in [1.165, 1.54) is 0 Å². The molecule has 2 heterocycles.